The van der Waals surface area contributed by atoms with Gasteiger partial charge < -0.3 is 19.6 Å². The molecule has 96 valence electrons. The molecule has 0 fully saturated rings. The molecule has 17 heavy (non-hydrogen) atoms. The van der Waals surface area contributed by atoms with E-state index >= 15 is 0 Å². The molecule has 1 aromatic rings. The average molecular weight is 241 g/mol. The molecule has 0 aromatic carbocycles. The van der Waals surface area contributed by atoms with E-state index < -0.39 is 17.3 Å². The van der Waals surface area contributed by atoms with E-state index in [2.05, 4.69) is 5.32 Å². The smallest absolute Gasteiger partial charge is 0.407 e. The lowest BCUT2D eigenvalue weighted by molar-refractivity contribution is 0.0202. The lowest BCUT2D eigenvalue weighted by Crippen LogP contribution is -2.41. The number of hydrogen-bond acceptors (Lipinski definition) is 4. The molecule has 1 aromatic heterocycles. The minimum Gasteiger partial charge on any atom is -0.466 e. The van der Waals surface area contributed by atoms with Crippen LogP contribution in [-0.4, -0.2) is 23.3 Å². The Morgan fingerprint density at radius 3 is 2.59 bits per heavy atom. The van der Waals surface area contributed by atoms with Gasteiger partial charge in [0.05, 0.1) is 12.8 Å². The number of amides is 1. The van der Waals surface area contributed by atoms with E-state index in [-0.39, 0.29) is 6.54 Å². The Kier molecular flexibility index (Phi) is 3.83. The van der Waals surface area contributed by atoms with Crippen molar-refractivity contribution < 1.29 is 19.1 Å². The maximum absolute atomic E-state index is 11.4. The van der Waals surface area contributed by atoms with Gasteiger partial charge in [0.2, 0.25) is 0 Å². The van der Waals surface area contributed by atoms with Gasteiger partial charge in [0.1, 0.15) is 17.0 Å². The Balaban J connectivity index is 2.48. The van der Waals surface area contributed by atoms with Crippen LogP contribution in [0.4, 0.5) is 4.79 Å². The first-order valence-electron chi connectivity index (χ1n) is 5.44. The summed E-state index contributed by atoms with van der Waals surface area (Å²) in [6, 6.07) is 3.33. The summed E-state index contributed by atoms with van der Waals surface area (Å²) in [7, 11) is 0. The predicted molar refractivity (Wildman–Crippen MR) is 62.5 cm³/mol. The van der Waals surface area contributed by atoms with E-state index in [4.69, 9.17) is 9.15 Å². The fourth-order valence-corrected chi connectivity index (χ4v) is 1.23. The van der Waals surface area contributed by atoms with Gasteiger partial charge in [-0.15, -0.1) is 0 Å². The first-order valence-corrected chi connectivity index (χ1v) is 5.44. The molecular weight excluding hydrogens is 222 g/mol. The molecule has 1 unspecified atom stereocenters. The van der Waals surface area contributed by atoms with E-state index in [0.29, 0.717) is 5.76 Å². The zero-order valence-corrected chi connectivity index (χ0v) is 10.6. The van der Waals surface area contributed by atoms with E-state index in [0.717, 1.165) is 0 Å². The molecule has 2 N–H and O–H groups in total. The fraction of sp³-hybridized carbons (Fsp3) is 0.583. The van der Waals surface area contributed by atoms with Crippen molar-refractivity contribution in [2.24, 2.45) is 0 Å². The summed E-state index contributed by atoms with van der Waals surface area (Å²) in [6.07, 6.45) is 0.904. The van der Waals surface area contributed by atoms with Gasteiger partial charge in [-0.1, -0.05) is 0 Å². The lowest BCUT2D eigenvalue weighted by Gasteiger charge is -2.24. The van der Waals surface area contributed by atoms with Crippen molar-refractivity contribution in [1.29, 1.82) is 0 Å². The van der Waals surface area contributed by atoms with Crippen LogP contribution in [0.3, 0.4) is 0 Å². The number of carbonyl (C=O) groups is 1. The molecule has 0 spiro atoms. The number of ether oxygens (including phenoxy) is 1. The standard InChI is InChI=1S/C12H19NO4/c1-11(2,3)17-10(14)13-8-12(4,15)9-6-5-7-16-9/h5-7,15H,8H2,1-4H3,(H,13,14). The maximum atomic E-state index is 11.4. The highest BCUT2D eigenvalue weighted by molar-refractivity contribution is 5.67. The van der Waals surface area contributed by atoms with Crippen LogP contribution >= 0.6 is 0 Å². The van der Waals surface area contributed by atoms with Crippen LogP contribution in [0.1, 0.15) is 33.5 Å². The van der Waals surface area contributed by atoms with E-state index in [1.54, 1.807) is 39.8 Å². The summed E-state index contributed by atoms with van der Waals surface area (Å²) < 4.78 is 10.1. The average Bonchev–Trinajstić information content (AvgIpc) is 2.65. The molecule has 0 aliphatic heterocycles. The van der Waals surface area contributed by atoms with Gasteiger partial charge in [0, 0.05) is 0 Å². The van der Waals surface area contributed by atoms with Crippen LogP contribution in [0.25, 0.3) is 0 Å². The van der Waals surface area contributed by atoms with Gasteiger partial charge in [0.15, 0.2) is 0 Å². The van der Waals surface area contributed by atoms with Gasteiger partial charge in [-0.2, -0.15) is 0 Å². The molecular formula is C12H19NO4. The van der Waals surface area contributed by atoms with Gasteiger partial charge in [-0.05, 0) is 39.8 Å². The molecule has 5 nitrogen and oxygen atoms in total. The molecule has 0 aliphatic carbocycles. The second-order valence-corrected chi connectivity index (χ2v) is 5.11. The number of hydrogen-bond donors (Lipinski definition) is 2. The highest BCUT2D eigenvalue weighted by Gasteiger charge is 2.27. The normalized spacial score (nSPS) is 15.1. The highest BCUT2D eigenvalue weighted by atomic mass is 16.6. The zero-order chi connectivity index (χ0) is 13.1. The van der Waals surface area contributed by atoms with Crippen LogP contribution in [0.5, 0.6) is 0 Å². The van der Waals surface area contributed by atoms with E-state index in [1.165, 1.54) is 6.26 Å². The predicted octanol–water partition coefficient (Wildman–Crippen LogP) is 2.01. The molecule has 1 atom stereocenters. The molecule has 1 heterocycles. The molecule has 0 saturated heterocycles. The van der Waals surface area contributed by atoms with Gasteiger partial charge in [-0.3, -0.25) is 0 Å². The van der Waals surface area contributed by atoms with Crippen LogP contribution in [0.15, 0.2) is 22.8 Å². The minimum absolute atomic E-state index is 0.0232. The topological polar surface area (TPSA) is 71.7 Å². The number of alkyl carbamates (subject to hydrolysis) is 1. The molecule has 1 rings (SSSR count). The molecule has 0 saturated carbocycles. The van der Waals surface area contributed by atoms with Gasteiger partial charge >= 0.3 is 6.09 Å². The zero-order valence-electron chi connectivity index (χ0n) is 10.6. The highest BCUT2D eigenvalue weighted by Crippen LogP contribution is 2.19. The van der Waals surface area contributed by atoms with Crippen LogP contribution in [-0.2, 0) is 10.3 Å². The van der Waals surface area contributed by atoms with Crippen molar-refractivity contribution in [2.75, 3.05) is 6.54 Å². The molecule has 1 amide bonds. The summed E-state index contributed by atoms with van der Waals surface area (Å²) in [5, 5.41) is 12.6. The van der Waals surface area contributed by atoms with Crippen molar-refractivity contribution in [3.63, 3.8) is 0 Å². The van der Waals surface area contributed by atoms with Crippen molar-refractivity contribution in [2.45, 2.75) is 38.9 Å². The molecule has 5 heteroatoms. The summed E-state index contributed by atoms with van der Waals surface area (Å²) in [5.41, 5.74) is -1.80. The Morgan fingerprint density at radius 1 is 1.47 bits per heavy atom. The largest absolute Gasteiger partial charge is 0.466 e. The van der Waals surface area contributed by atoms with Crippen LogP contribution in [0.2, 0.25) is 0 Å². The molecule has 0 radical (unpaired) electrons. The van der Waals surface area contributed by atoms with E-state index in [9.17, 15) is 9.90 Å². The molecule has 0 aliphatic rings. The third-order valence-corrected chi connectivity index (χ3v) is 2.03. The molecule has 0 bridgehead atoms. The number of furan rings is 1. The number of nitrogens with one attached hydrogen (secondary N) is 1. The second kappa shape index (κ2) is 4.79. The first kappa shape index (κ1) is 13.6. The van der Waals surface area contributed by atoms with Crippen molar-refractivity contribution in [1.82, 2.24) is 5.32 Å². The third-order valence-electron chi connectivity index (χ3n) is 2.03. The van der Waals surface area contributed by atoms with Crippen LogP contribution in [0, 0.1) is 0 Å². The van der Waals surface area contributed by atoms with E-state index in [1.807, 2.05) is 0 Å². The number of aliphatic hydroxyl groups is 1. The third kappa shape index (κ3) is 4.48. The Bertz CT molecular complexity index is 362. The number of carbonyl (C=O) groups excluding carboxylic acids is 1. The summed E-state index contributed by atoms with van der Waals surface area (Å²) >= 11 is 0. The maximum Gasteiger partial charge on any atom is 0.407 e. The SMILES string of the molecule is CC(C)(C)OC(=O)NCC(C)(O)c1ccco1. The van der Waals surface area contributed by atoms with Crippen LogP contribution < -0.4 is 5.32 Å². The Morgan fingerprint density at radius 2 is 2.12 bits per heavy atom. The Labute approximate surface area is 101 Å². The number of rotatable bonds is 3. The van der Waals surface area contributed by atoms with Crippen molar-refractivity contribution in [3.05, 3.63) is 24.2 Å². The Hall–Kier alpha value is -1.49. The summed E-state index contributed by atoms with van der Waals surface area (Å²) in [6.45, 7) is 6.91. The monoisotopic (exact) mass is 241 g/mol. The summed E-state index contributed by atoms with van der Waals surface area (Å²) in [4.78, 5) is 11.4. The first-order chi connectivity index (χ1) is 7.71. The minimum atomic E-state index is -1.25. The fourth-order valence-electron chi connectivity index (χ4n) is 1.23. The van der Waals surface area contributed by atoms with Crippen molar-refractivity contribution >= 4 is 6.09 Å². The lowest BCUT2D eigenvalue weighted by atomic mass is 10.0. The van der Waals surface area contributed by atoms with Crippen molar-refractivity contribution in [3.8, 4) is 0 Å². The quantitative estimate of drug-likeness (QED) is 0.849. The summed E-state index contributed by atoms with van der Waals surface area (Å²) in [5.74, 6) is 0.397. The van der Waals surface area contributed by atoms with Gasteiger partial charge in [-0.25, -0.2) is 4.79 Å². The second-order valence-electron chi connectivity index (χ2n) is 5.11. The van der Waals surface area contributed by atoms with Gasteiger partial charge in [0.25, 0.3) is 0 Å².